The fourth-order valence-corrected chi connectivity index (χ4v) is 1.97. The van der Waals surface area contributed by atoms with Crippen molar-refractivity contribution in [1.29, 1.82) is 0 Å². The van der Waals surface area contributed by atoms with Crippen molar-refractivity contribution < 1.29 is 14.6 Å². The highest BCUT2D eigenvalue weighted by Crippen LogP contribution is 2.20. The van der Waals surface area contributed by atoms with Gasteiger partial charge in [0.1, 0.15) is 12.5 Å². The molecular formula is C16H15ClO3. The molecule has 0 spiro atoms. The van der Waals surface area contributed by atoms with E-state index in [0.29, 0.717) is 10.6 Å². The highest BCUT2D eigenvalue weighted by atomic mass is 35.5. The van der Waals surface area contributed by atoms with Crippen LogP contribution >= 0.6 is 11.6 Å². The van der Waals surface area contributed by atoms with Crippen molar-refractivity contribution in [2.75, 3.05) is 6.61 Å². The summed E-state index contributed by atoms with van der Waals surface area (Å²) in [7, 11) is 0. The van der Waals surface area contributed by atoms with Gasteiger partial charge in [-0.2, -0.15) is 0 Å². The molecule has 0 saturated carbocycles. The summed E-state index contributed by atoms with van der Waals surface area (Å²) in [5.41, 5.74) is 1.60. The molecule has 4 heteroatoms. The van der Waals surface area contributed by atoms with Gasteiger partial charge in [0.05, 0.1) is 6.61 Å². The van der Waals surface area contributed by atoms with E-state index in [1.54, 1.807) is 24.3 Å². The van der Waals surface area contributed by atoms with Crippen LogP contribution in [0.3, 0.4) is 0 Å². The first-order valence-corrected chi connectivity index (χ1v) is 6.65. The smallest absolute Gasteiger partial charge is 0.316 e. The Kier molecular flexibility index (Phi) is 5.16. The third kappa shape index (κ3) is 3.83. The molecule has 0 saturated heterocycles. The molecule has 0 radical (unpaired) electrons. The lowest BCUT2D eigenvalue weighted by atomic mass is 10.0. The lowest BCUT2D eigenvalue weighted by Crippen LogP contribution is -2.19. The lowest BCUT2D eigenvalue weighted by molar-refractivity contribution is -0.147. The SMILES string of the molecule is O=C(OCc1ccccc1)[C@H](CO)c1ccc(Cl)cc1. The summed E-state index contributed by atoms with van der Waals surface area (Å²) in [5, 5.41) is 9.97. The Morgan fingerprint density at radius 3 is 2.35 bits per heavy atom. The highest BCUT2D eigenvalue weighted by Gasteiger charge is 2.21. The maximum atomic E-state index is 12.0. The van der Waals surface area contributed by atoms with E-state index in [1.165, 1.54) is 0 Å². The second-order valence-electron chi connectivity index (χ2n) is 4.38. The van der Waals surface area contributed by atoms with Crippen molar-refractivity contribution in [2.45, 2.75) is 12.5 Å². The van der Waals surface area contributed by atoms with Crippen molar-refractivity contribution in [2.24, 2.45) is 0 Å². The standard InChI is InChI=1S/C16H15ClO3/c17-14-8-6-13(7-9-14)15(10-18)16(19)20-11-12-4-2-1-3-5-12/h1-9,15,18H,10-11H2/t15-/m1/s1. The Labute approximate surface area is 122 Å². The van der Waals surface area contributed by atoms with Crippen LogP contribution in [0.5, 0.6) is 0 Å². The first-order chi connectivity index (χ1) is 9.70. The normalized spacial score (nSPS) is 11.9. The number of carbonyl (C=O) groups excluding carboxylic acids is 1. The van der Waals surface area contributed by atoms with E-state index in [-0.39, 0.29) is 13.2 Å². The minimum atomic E-state index is -0.684. The molecule has 2 aromatic rings. The van der Waals surface area contributed by atoms with E-state index in [9.17, 15) is 9.90 Å². The molecule has 0 aliphatic heterocycles. The molecular weight excluding hydrogens is 276 g/mol. The molecule has 0 fully saturated rings. The van der Waals surface area contributed by atoms with Crippen LogP contribution in [0, 0.1) is 0 Å². The molecule has 104 valence electrons. The van der Waals surface area contributed by atoms with Gasteiger partial charge in [0.15, 0.2) is 0 Å². The predicted octanol–water partition coefficient (Wildman–Crippen LogP) is 3.16. The van der Waals surface area contributed by atoms with Gasteiger partial charge < -0.3 is 9.84 Å². The molecule has 0 bridgehead atoms. The van der Waals surface area contributed by atoms with Gasteiger partial charge in [0.2, 0.25) is 0 Å². The predicted molar refractivity (Wildman–Crippen MR) is 77.5 cm³/mol. The molecule has 0 heterocycles. The summed E-state index contributed by atoms with van der Waals surface area (Å²) in [5.74, 6) is -1.13. The van der Waals surface area contributed by atoms with Crippen molar-refractivity contribution in [3.63, 3.8) is 0 Å². The molecule has 0 amide bonds. The summed E-state index contributed by atoms with van der Waals surface area (Å²) in [6.45, 7) is -0.0982. The van der Waals surface area contributed by atoms with E-state index in [1.807, 2.05) is 30.3 Å². The van der Waals surface area contributed by atoms with E-state index >= 15 is 0 Å². The van der Waals surface area contributed by atoms with Crippen LogP contribution < -0.4 is 0 Å². The Balaban J connectivity index is 2.00. The second-order valence-corrected chi connectivity index (χ2v) is 4.82. The number of ether oxygens (including phenoxy) is 1. The Morgan fingerprint density at radius 1 is 1.10 bits per heavy atom. The molecule has 0 unspecified atom stereocenters. The van der Waals surface area contributed by atoms with Crippen LogP contribution in [0.15, 0.2) is 54.6 Å². The monoisotopic (exact) mass is 290 g/mol. The minimum absolute atomic E-state index is 0.198. The molecule has 2 rings (SSSR count). The van der Waals surface area contributed by atoms with E-state index in [0.717, 1.165) is 5.56 Å². The minimum Gasteiger partial charge on any atom is -0.460 e. The average molecular weight is 291 g/mol. The summed E-state index contributed by atoms with van der Waals surface area (Å²) in [6, 6.07) is 16.2. The van der Waals surface area contributed by atoms with Crippen molar-refractivity contribution >= 4 is 17.6 Å². The number of hydrogen-bond acceptors (Lipinski definition) is 3. The zero-order chi connectivity index (χ0) is 14.4. The topological polar surface area (TPSA) is 46.5 Å². The van der Waals surface area contributed by atoms with Gasteiger partial charge >= 0.3 is 5.97 Å². The number of rotatable bonds is 5. The first kappa shape index (κ1) is 14.6. The van der Waals surface area contributed by atoms with E-state index < -0.39 is 11.9 Å². The summed E-state index contributed by atoms with van der Waals surface area (Å²) in [6.07, 6.45) is 0. The zero-order valence-electron chi connectivity index (χ0n) is 10.8. The van der Waals surface area contributed by atoms with Crippen molar-refractivity contribution in [3.8, 4) is 0 Å². The highest BCUT2D eigenvalue weighted by molar-refractivity contribution is 6.30. The van der Waals surface area contributed by atoms with Gasteiger partial charge in [0, 0.05) is 5.02 Å². The zero-order valence-corrected chi connectivity index (χ0v) is 11.6. The third-order valence-electron chi connectivity index (χ3n) is 2.96. The van der Waals surface area contributed by atoms with Crippen LogP contribution in [0.25, 0.3) is 0 Å². The first-order valence-electron chi connectivity index (χ1n) is 6.27. The molecule has 2 aromatic carbocycles. The average Bonchev–Trinajstić information content (AvgIpc) is 2.49. The maximum absolute atomic E-state index is 12.0. The summed E-state index contributed by atoms with van der Waals surface area (Å²) < 4.78 is 5.23. The summed E-state index contributed by atoms with van der Waals surface area (Å²) in [4.78, 5) is 12.0. The Morgan fingerprint density at radius 2 is 1.75 bits per heavy atom. The van der Waals surface area contributed by atoms with Crippen LogP contribution in [0.4, 0.5) is 0 Å². The number of hydrogen-bond donors (Lipinski definition) is 1. The number of benzene rings is 2. The number of aliphatic hydroxyl groups is 1. The number of carbonyl (C=O) groups is 1. The van der Waals surface area contributed by atoms with E-state index in [2.05, 4.69) is 0 Å². The van der Waals surface area contributed by atoms with Crippen LogP contribution in [0.1, 0.15) is 17.0 Å². The molecule has 1 atom stereocenters. The van der Waals surface area contributed by atoms with Gasteiger partial charge in [-0.25, -0.2) is 0 Å². The lowest BCUT2D eigenvalue weighted by Gasteiger charge is -2.14. The molecule has 3 nitrogen and oxygen atoms in total. The molecule has 0 aliphatic rings. The quantitative estimate of drug-likeness (QED) is 0.861. The van der Waals surface area contributed by atoms with Gasteiger partial charge in [-0.1, -0.05) is 54.1 Å². The third-order valence-corrected chi connectivity index (χ3v) is 3.22. The van der Waals surface area contributed by atoms with Gasteiger partial charge in [0.25, 0.3) is 0 Å². The summed E-state index contributed by atoms with van der Waals surface area (Å²) >= 11 is 5.80. The van der Waals surface area contributed by atoms with E-state index in [4.69, 9.17) is 16.3 Å². The van der Waals surface area contributed by atoms with Crippen LogP contribution in [0.2, 0.25) is 5.02 Å². The van der Waals surface area contributed by atoms with Crippen molar-refractivity contribution in [3.05, 3.63) is 70.7 Å². The Hall–Kier alpha value is -1.84. The largest absolute Gasteiger partial charge is 0.460 e. The second kappa shape index (κ2) is 7.08. The molecule has 20 heavy (non-hydrogen) atoms. The number of esters is 1. The molecule has 0 aliphatic carbocycles. The molecule has 0 aromatic heterocycles. The number of halogens is 1. The number of aliphatic hydroxyl groups excluding tert-OH is 1. The van der Waals surface area contributed by atoms with Gasteiger partial charge in [-0.3, -0.25) is 4.79 Å². The van der Waals surface area contributed by atoms with Crippen molar-refractivity contribution in [1.82, 2.24) is 0 Å². The van der Waals surface area contributed by atoms with Crippen LogP contribution in [-0.4, -0.2) is 17.7 Å². The van der Waals surface area contributed by atoms with Gasteiger partial charge in [-0.05, 0) is 23.3 Å². The molecule has 1 N–H and O–H groups in total. The Bertz CT molecular complexity index is 552. The maximum Gasteiger partial charge on any atom is 0.316 e. The van der Waals surface area contributed by atoms with Crippen LogP contribution in [-0.2, 0) is 16.1 Å². The fourth-order valence-electron chi connectivity index (χ4n) is 1.84. The fraction of sp³-hybridized carbons (Fsp3) is 0.188. The van der Waals surface area contributed by atoms with Gasteiger partial charge in [-0.15, -0.1) is 0 Å².